The highest BCUT2D eigenvalue weighted by Crippen LogP contribution is 2.04. The number of aromatic amines is 1. The second kappa shape index (κ2) is 1.71. The fourth-order valence-corrected chi connectivity index (χ4v) is 0.385. The Labute approximate surface area is 45.5 Å². The number of imidazole rings is 1. The summed E-state index contributed by atoms with van der Waals surface area (Å²) < 4.78 is 0. The van der Waals surface area contributed by atoms with E-state index in [-0.39, 0.29) is 5.88 Å². The van der Waals surface area contributed by atoms with Gasteiger partial charge in [0.25, 0.3) is 0 Å². The molecule has 0 atom stereocenters. The number of hydrogen-bond acceptors (Lipinski definition) is 4. The predicted octanol–water partition coefficient (Wildman–Crippen LogP) is -0.599. The Bertz CT molecular complexity index is 172. The second-order valence-electron chi connectivity index (χ2n) is 1.26. The van der Waals surface area contributed by atoms with Crippen molar-refractivity contribution in [3.63, 3.8) is 0 Å². The van der Waals surface area contributed by atoms with E-state index >= 15 is 0 Å². The normalized spacial score (nSPS) is 9.12. The molecule has 5 heteroatoms. The zero-order valence-corrected chi connectivity index (χ0v) is 4.05. The highest BCUT2D eigenvalue weighted by Gasteiger charge is 1.91. The zero-order valence-electron chi connectivity index (χ0n) is 4.05. The van der Waals surface area contributed by atoms with Gasteiger partial charge in [-0.05, 0) is 0 Å². The number of nitrogens with two attached hydrogens (primary N) is 1. The van der Waals surface area contributed by atoms with Crippen molar-refractivity contribution in [3.05, 3.63) is 6.20 Å². The Hall–Kier alpha value is -1.23. The molecule has 0 radical (unpaired) electrons. The summed E-state index contributed by atoms with van der Waals surface area (Å²) in [6.45, 7) is 0. The minimum atomic E-state index is -0.00190. The molecule has 44 valence electrons. The molecule has 0 aromatic carbocycles. The summed E-state index contributed by atoms with van der Waals surface area (Å²) in [5, 5.41) is 8.57. The number of anilines is 1. The van der Waals surface area contributed by atoms with Gasteiger partial charge in [-0.15, -0.1) is 0 Å². The average molecular weight is 114 g/mol. The Morgan fingerprint density at radius 2 is 2.62 bits per heavy atom. The van der Waals surface area contributed by atoms with E-state index in [9.17, 15) is 0 Å². The topological polar surface area (TPSA) is 87.0 Å². The van der Waals surface area contributed by atoms with Gasteiger partial charge < -0.3 is 5.11 Å². The monoisotopic (exact) mass is 114 g/mol. The van der Waals surface area contributed by atoms with Crippen LogP contribution in [0.2, 0.25) is 0 Å². The molecule has 8 heavy (non-hydrogen) atoms. The zero-order chi connectivity index (χ0) is 5.98. The molecular formula is C3H6N4O. The highest BCUT2D eigenvalue weighted by atomic mass is 16.3. The van der Waals surface area contributed by atoms with E-state index in [1.807, 2.05) is 0 Å². The Balaban J connectivity index is 2.84. The summed E-state index contributed by atoms with van der Waals surface area (Å²) in [5.74, 6) is 5.26. The van der Waals surface area contributed by atoms with Crippen LogP contribution in [0.3, 0.4) is 0 Å². The number of rotatable bonds is 1. The Morgan fingerprint density at radius 1 is 1.88 bits per heavy atom. The van der Waals surface area contributed by atoms with Crippen LogP contribution in [0, 0.1) is 0 Å². The number of aromatic hydroxyl groups is 1. The van der Waals surface area contributed by atoms with Gasteiger partial charge in [0.05, 0.1) is 6.20 Å². The van der Waals surface area contributed by atoms with Gasteiger partial charge in [-0.25, -0.2) is 10.8 Å². The second-order valence-corrected chi connectivity index (χ2v) is 1.26. The third-order valence-electron chi connectivity index (χ3n) is 0.699. The lowest BCUT2D eigenvalue weighted by Gasteiger charge is -1.86. The first-order chi connectivity index (χ1) is 3.83. The lowest BCUT2D eigenvalue weighted by Crippen LogP contribution is -2.07. The van der Waals surface area contributed by atoms with E-state index in [0.717, 1.165) is 0 Å². The molecule has 1 aromatic rings. The molecule has 1 aromatic heterocycles. The van der Waals surface area contributed by atoms with Crippen molar-refractivity contribution in [2.75, 3.05) is 5.43 Å². The fraction of sp³-hybridized carbons (Fsp3) is 0. The summed E-state index contributed by atoms with van der Waals surface area (Å²) >= 11 is 0. The Morgan fingerprint density at radius 3 is 2.88 bits per heavy atom. The van der Waals surface area contributed by atoms with Gasteiger partial charge in [0.15, 0.2) is 0 Å². The van der Waals surface area contributed by atoms with Crippen LogP contribution < -0.4 is 11.3 Å². The van der Waals surface area contributed by atoms with Gasteiger partial charge in [0.2, 0.25) is 11.8 Å². The summed E-state index contributed by atoms with van der Waals surface area (Å²) in [7, 11) is 0. The fourth-order valence-electron chi connectivity index (χ4n) is 0.385. The third-order valence-corrected chi connectivity index (χ3v) is 0.699. The lowest BCUT2D eigenvalue weighted by atomic mass is 10.9. The number of hydrazine groups is 1. The molecule has 0 aliphatic heterocycles. The van der Waals surface area contributed by atoms with Gasteiger partial charge in [-0.1, -0.05) is 0 Å². The first-order valence-electron chi connectivity index (χ1n) is 2.03. The van der Waals surface area contributed by atoms with Crippen molar-refractivity contribution in [2.24, 2.45) is 5.84 Å². The number of H-pyrrole nitrogens is 1. The molecule has 0 spiro atoms. The van der Waals surface area contributed by atoms with Crippen LogP contribution in [0.15, 0.2) is 6.20 Å². The Kier molecular flexibility index (Phi) is 1.05. The van der Waals surface area contributed by atoms with Crippen LogP contribution in [0.5, 0.6) is 5.88 Å². The lowest BCUT2D eigenvalue weighted by molar-refractivity contribution is 0.457. The number of nitrogen functional groups attached to an aromatic ring is 1. The van der Waals surface area contributed by atoms with Crippen molar-refractivity contribution in [1.29, 1.82) is 0 Å². The van der Waals surface area contributed by atoms with E-state index in [0.29, 0.717) is 5.95 Å². The first kappa shape index (κ1) is 4.92. The van der Waals surface area contributed by atoms with Crippen molar-refractivity contribution in [2.45, 2.75) is 0 Å². The van der Waals surface area contributed by atoms with Gasteiger partial charge >= 0.3 is 0 Å². The molecule has 0 unspecified atom stereocenters. The summed E-state index contributed by atoms with van der Waals surface area (Å²) in [6, 6.07) is 0. The van der Waals surface area contributed by atoms with Crippen LogP contribution in [0.25, 0.3) is 0 Å². The minimum absolute atomic E-state index is 0.00190. The van der Waals surface area contributed by atoms with Crippen LogP contribution in [-0.4, -0.2) is 15.1 Å². The predicted molar refractivity (Wildman–Crippen MR) is 28.1 cm³/mol. The molecule has 0 aliphatic rings. The van der Waals surface area contributed by atoms with Crippen LogP contribution in [0.1, 0.15) is 0 Å². The van der Waals surface area contributed by atoms with E-state index < -0.39 is 0 Å². The summed E-state index contributed by atoms with van der Waals surface area (Å²) in [5.41, 5.74) is 2.22. The van der Waals surface area contributed by atoms with Gasteiger partial charge in [-0.3, -0.25) is 10.4 Å². The molecule has 0 bridgehead atoms. The van der Waals surface area contributed by atoms with Crippen molar-refractivity contribution in [1.82, 2.24) is 9.97 Å². The third kappa shape index (κ3) is 0.710. The maximum absolute atomic E-state index is 8.57. The van der Waals surface area contributed by atoms with E-state index in [2.05, 4.69) is 15.4 Å². The van der Waals surface area contributed by atoms with Gasteiger partial charge in [0, 0.05) is 0 Å². The smallest absolute Gasteiger partial charge is 0.217 e. The molecule has 0 saturated carbocycles. The molecule has 1 heterocycles. The molecular weight excluding hydrogens is 108 g/mol. The molecule has 1 rings (SSSR count). The van der Waals surface area contributed by atoms with Crippen LogP contribution >= 0.6 is 0 Å². The minimum Gasteiger partial charge on any atom is -0.493 e. The number of aromatic nitrogens is 2. The van der Waals surface area contributed by atoms with E-state index in [1.165, 1.54) is 6.20 Å². The molecule has 0 saturated heterocycles. The quantitative estimate of drug-likeness (QED) is 0.290. The number of hydrogen-bond donors (Lipinski definition) is 4. The number of nitrogens with one attached hydrogen (secondary N) is 2. The van der Waals surface area contributed by atoms with Gasteiger partial charge in [-0.2, -0.15) is 0 Å². The maximum atomic E-state index is 8.57. The van der Waals surface area contributed by atoms with E-state index in [4.69, 9.17) is 10.9 Å². The van der Waals surface area contributed by atoms with E-state index in [1.54, 1.807) is 0 Å². The largest absolute Gasteiger partial charge is 0.493 e. The van der Waals surface area contributed by atoms with Gasteiger partial charge in [0.1, 0.15) is 0 Å². The van der Waals surface area contributed by atoms with Crippen LogP contribution in [0.4, 0.5) is 5.95 Å². The summed E-state index contributed by atoms with van der Waals surface area (Å²) in [6.07, 6.45) is 1.26. The maximum Gasteiger partial charge on any atom is 0.217 e. The number of nitrogens with zero attached hydrogens (tertiary/aromatic N) is 1. The standard InChI is InChI=1S/C3H6N4O/c4-7-3-5-1-2(8)6-3/h1,8H,4H2,(H2,5,6,7). The molecule has 0 amide bonds. The average Bonchev–Trinajstić information content (AvgIpc) is 2.14. The molecule has 5 N–H and O–H groups in total. The SMILES string of the molecule is NNc1ncc(O)[nH]1. The van der Waals surface area contributed by atoms with Crippen LogP contribution in [-0.2, 0) is 0 Å². The summed E-state index contributed by atoms with van der Waals surface area (Å²) in [4.78, 5) is 6.03. The molecule has 0 fully saturated rings. The molecule has 5 nitrogen and oxygen atoms in total. The van der Waals surface area contributed by atoms with Crippen molar-refractivity contribution in [3.8, 4) is 5.88 Å². The van der Waals surface area contributed by atoms with Crippen molar-refractivity contribution < 1.29 is 5.11 Å². The molecule has 0 aliphatic carbocycles. The first-order valence-corrected chi connectivity index (χ1v) is 2.03. The van der Waals surface area contributed by atoms with Crippen molar-refractivity contribution >= 4 is 5.95 Å². The highest BCUT2D eigenvalue weighted by molar-refractivity contribution is 5.25.